The number of aliphatic hydroxyl groups excluding tert-OH is 11. The van der Waals surface area contributed by atoms with Crippen molar-refractivity contribution < 1.29 is 89.4 Å². The lowest BCUT2D eigenvalue weighted by atomic mass is 9.96. The van der Waals surface area contributed by atoms with Gasteiger partial charge in [-0.2, -0.15) is 0 Å². The number of carbonyl (C=O) groups excluding carboxylic acids is 1. The number of carbonyl (C=O) groups is 1. The minimum Gasteiger partial charge on any atom is -0.394 e. The fourth-order valence-corrected chi connectivity index (χ4v) is 12.3. The first-order chi connectivity index (χ1) is 42.3. The van der Waals surface area contributed by atoms with Gasteiger partial charge in [0.25, 0.3) is 0 Å². The Morgan fingerprint density at radius 1 is 0.402 bits per heavy atom. The summed E-state index contributed by atoms with van der Waals surface area (Å²) in [5.74, 6) is -0.239. The smallest absolute Gasteiger partial charge is 0.220 e. The number of allylic oxidation sites excluding steroid dienone is 2. The van der Waals surface area contributed by atoms with Crippen LogP contribution in [0.2, 0.25) is 0 Å². The van der Waals surface area contributed by atoms with Crippen LogP contribution in [-0.2, 0) is 33.2 Å². The van der Waals surface area contributed by atoms with E-state index in [1.54, 1.807) is 0 Å². The molecule has 0 spiro atoms. The quantitative estimate of drug-likeness (QED) is 0.0199. The molecule has 19 nitrogen and oxygen atoms in total. The van der Waals surface area contributed by atoms with Gasteiger partial charge >= 0.3 is 0 Å². The van der Waals surface area contributed by atoms with Crippen LogP contribution in [0.25, 0.3) is 0 Å². The van der Waals surface area contributed by atoms with E-state index in [1.165, 1.54) is 205 Å². The van der Waals surface area contributed by atoms with Crippen LogP contribution >= 0.6 is 0 Å². The van der Waals surface area contributed by atoms with E-state index in [9.17, 15) is 61.0 Å². The Bertz CT molecular complexity index is 1630. The largest absolute Gasteiger partial charge is 0.394 e. The fraction of sp³-hybridized carbons (Fsp3) is 0.956. The van der Waals surface area contributed by atoms with Gasteiger partial charge in [0, 0.05) is 6.42 Å². The molecule has 17 unspecified atom stereocenters. The van der Waals surface area contributed by atoms with Crippen LogP contribution in [0.5, 0.6) is 0 Å². The van der Waals surface area contributed by atoms with Gasteiger partial charge in [-0.3, -0.25) is 4.79 Å². The summed E-state index contributed by atoms with van der Waals surface area (Å²) in [6.07, 6.45) is 28.5. The second kappa shape index (κ2) is 51.0. The van der Waals surface area contributed by atoms with Crippen molar-refractivity contribution in [3.05, 3.63) is 12.2 Å². The van der Waals surface area contributed by atoms with Crippen LogP contribution in [0.1, 0.15) is 284 Å². The third-order valence-corrected chi connectivity index (χ3v) is 18.1. The molecule has 3 aliphatic rings. The van der Waals surface area contributed by atoms with Gasteiger partial charge in [-0.05, 0) is 38.5 Å². The Balaban J connectivity index is 1.43. The molecule has 3 saturated heterocycles. The average molecular weight is 1250 g/mol. The van der Waals surface area contributed by atoms with Gasteiger partial charge in [0.05, 0.1) is 38.6 Å². The number of ether oxygens (including phenoxy) is 6. The molecular formula is C68H129NO18. The lowest BCUT2D eigenvalue weighted by molar-refractivity contribution is -0.379. The minimum absolute atomic E-state index is 0.239. The molecule has 0 aromatic carbocycles. The second-order valence-corrected chi connectivity index (χ2v) is 25.7. The number of nitrogens with one attached hydrogen (secondary N) is 1. The van der Waals surface area contributed by atoms with E-state index in [1.807, 2.05) is 0 Å². The molecule has 0 radical (unpaired) electrons. The van der Waals surface area contributed by atoms with Gasteiger partial charge in [-0.15, -0.1) is 0 Å². The summed E-state index contributed by atoms with van der Waals surface area (Å²) < 4.78 is 34.4. The summed E-state index contributed by atoms with van der Waals surface area (Å²) in [6, 6.07) is -0.885. The Labute approximate surface area is 525 Å². The van der Waals surface area contributed by atoms with E-state index in [0.717, 1.165) is 44.9 Å². The molecule has 3 heterocycles. The van der Waals surface area contributed by atoms with E-state index >= 15 is 0 Å². The molecule has 12 N–H and O–H groups in total. The molecule has 19 heteroatoms. The van der Waals surface area contributed by atoms with Crippen LogP contribution in [0.4, 0.5) is 0 Å². The molecule has 1 amide bonds. The van der Waals surface area contributed by atoms with Crippen molar-refractivity contribution in [3.8, 4) is 0 Å². The Morgan fingerprint density at radius 2 is 0.724 bits per heavy atom. The first-order valence-electron chi connectivity index (χ1n) is 35.4. The molecule has 3 rings (SSSR count). The highest BCUT2D eigenvalue weighted by Crippen LogP contribution is 2.33. The molecular weight excluding hydrogens is 1120 g/mol. The maximum absolute atomic E-state index is 13.4. The van der Waals surface area contributed by atoms with Crippen molar-refractivity contribution in [2.75, 3.05) is 26.4 Å². The lowest BCUT2D eigenvalue weighted by Gasteiger charge is -2.48. The first kappa shape index (κ1) is 79.8. The summed E-state index contributed by atoms with van der Waals surface area (Å²) >= 11 is 0. The third-order valence-electron chi connectivity index (χ3n) is 18.1. The molecule has 3 aliphatic heterocycles. The molecule has 0 bridgehead atoms. The van der Waals surface area contributed by atoms with Crippen LogP contribution in [0.3, 0.4) is 0 Å². The Hall–Kier alpha value is -1.47. The molecule has 17 atom stereocenters. The van der Waals surface area contributed by atoms with Gasteiger partial charge in [0.15, 0.2) is 18.9 Å². The molecule has 0 aromatic rings. The van der Waals surface area contributed by atoms with Crippen molar-refractivity contribution in [1.29, 1.82) is 0 Å². The topological polar surface area (TPSA) is 307 Å². The monoisotopic (exact) mass is 1250 g/mol. The van der Waals surface area contributed by atoms with Gasteiger partial charge in [0.1, 0.15) is 73.2 Å². The van der Waals surface area contributed by atoms with E-state index in [0.29, 0.717) is 12.8 Å². The van der Waals surface area contributed by atoms with Gasteiger partial charge < -0.3 is 89.9 Å². The first-order valence-corrected chi connectivity index (χ1v) is 35.4. The van der Waals surface area contributed by atoms with E-state index in [-0.39, 0.29) is 18.9 Å². The highest BCUT2D eigenvalue weighted by Gasteiger charge is 2.53. The zero-order valence-corrected chi connectivity index (χ0v) is 54.3. The van der Waals surface area contributed by atoms with E-state index < -0.39 is 124 Å². The van der Waals surface area contributed by atoms with Crippen LogP contribution in [0, 0.1) is 0 Å². The molecule has 514 valence electrons. The third kappa shape index (κ3) is 33.3. The van der Waals surface area contributed by atoms with Crippen LogP contribution in [0.15, 0.2) is 12.2 Å². The van der Waals surface area contributed by atoms with E-state index in [2.05, 4.69) is 31.3 Å². The normalized spacial score (nSPS) is 28.6. The van der Waals surface area contributed by atoms with Crippen molar-refractivity contribution in [2.24, 2.45) is 0 Å². The summed E-state index contributed by atoms with van der Waals surface area (Å²) in [5, 5.41) is 121. The Kier molecular flexibility index (Phi) is 46.8. The fourth-order valence-electron chi connectivity index (χ4n) is 12.3. The highest BCUT2D eigenvalue weighted by molar-refractivity contribution is 5.76. The van der Waals surface area contributed by atoms with Crippen molar-refractivity contribution in [3.63, 3.8) is 0 Å². The van der Waals surface area contributed by atoms with Gasteiger partial charge in [0.2, 0.25) is 5.91 Å². The molecule has 0 aromatic heterocycles. The predicted octanol–water partition coefficient (Wildman–Crippen LogP) is 9.28. The number of amides is 1. The van der Waals surface area contributed by atoms with Gasteiger partial charge in [-0.25, -0.2) is 0 Å². The number of hydrogen-bond acceptors (Lipinski definition) is 18. The molecule has 0 aliphatic carbocycles. The maximum Gasteiger partial charge on any atom is 0.220 e. The van der Waals surface area contributed by atoms with Crippen molar-refractivity contribution in [1.82, 2.24) is 5.32 Å². The predicted molar refractivity (Wildman–Crippen MR) is 337 cm³/mol. The summed E-state index contributed by atoms with van der Waals surface area (Å²) in [5.41, 5.74) is 0. The number of rotatable bonds is 55. The van der Waals surface area contributed by atoms with Crippen molar-refractivity contribution >= 4 is 5.91 Å². The maximum atomic E-state index is 13.4. The molecule has 87 heavy (non-hydrogen) atoms. The zero-order chi connectivity index (χ0) is 63.3. The SMILES string of the molecule is CCCCCCCCCC/C=C\CCCCCCCCCCCCCC(=O)NC(COC1OC(CO)C(OC2OC(CO)C(OC3OC(CO)C(O)C(O)C3O)C(O)C2O)C(O)C1O)C(O)CCCCCCCCCCCCCCCCCCCCC. The summed E-state index contributed by atoms with van der Waals surface area (Å²) in [4.78, 5) is 13.4. The van der Waals surface area contributed by atoms with Crippen LogP contribution < -0.4 is 5.32 Å². The molecule has 3 fully saturated rings. The molecule has 0 saturated carbocycles. The van der Waals surface area contributed by atoms with Gasteiger partial charge in [-0.1, -0.05) is 251 Å². The van der Waals surface area contributed by atoms with Crippen LogP contribution in [-0.4, -0.2) is 193 Å². The second-order valence-electron chi connectivity index (χ2n) is 25.7. The lowest BCUT2D eigenvalue weighted by Crippen LogP contribution is -2.66. The number of unbranched alkanes of at least 4 members (excludes halogenated alkanes) is 37. The zero-order valence-electron chi connectivity index (χ0n) is 54.3. The number of hydrogen-bond donors (Lipinski definition) is 12. The average Bonchev–Trinajstić information content (AvgIpc) is 2.58. The van der Waals surface area contributed by atoms with Crippen molar-refractivity contribution in [2.45, 2.75) is 388 Å². The minimum atomic E-state index is -1.97. The summed E-state index contributed by atoms with van der Waals surface area (Å²) in [7, 11) is 0. The summed E-state index contributed by atoms with van der Waals surface area (Å²) in [6.45, 7) is 1.84. The Morgan fingerprint density at radius 3 is 1.11 bits per heavy atom. The van der Waals surface area contributed by atoms with E-state index in [4.69, 9.17) is 28.4 Å². The number of aliphatic hydroxyl groups is 11. The standard InChI is InChI=1S/C68H129NO18/c1-3-5-7-9-11-13-15-17-19-21-23-24-25-26-28-30-32-34-36-38-40-42-44-46-56(74)69-51(52(73)45-43-41-39-37-35-33-31-29-27-22-20-18-16-14-12-10-8-6-4-2)50-82-66-62(80)59(77)64(54(48-71)84-66)87-68-63(81)60(78)65(55(49-72)85-68)86-67-61(79)58(76)57(75)53(47-70)83-67/h21,23,51-55,57-68,70-73,75-81H,3-20,22,24-50H2,1-2H3,(H,69,74)/b23-21-. The highest BCUT2D eigenvalue weighted by atomic mass is 16.8.